The lowest BCUT2D eigenvalue weighted by Crippen LogP contribution is -2.10. The van der Waals surface area contributed by atoms with Crippen LogP contribution in [0.3, 0.4) is 0 Å². The maximum atomic E-state index is 13.5. The van der Waals surface area contributed by atoms with Crippen LogP contribution in [0.5, 0.6) is 5.88 Å². The number of ether oxygens (including phenoxy) is 1. The number of methoxy groups -OCH3 is 1. The van der Waals surface area contributed by atoms with Gasteiger partial charge in [0.1, 0.15) is 11.9 Å². The Hall–Kier alpha value is -3.86. The largest absolute Gasteiger partial charge is 0.481 e. The molecule has 0 N–H and O–H groups in total. The predicted octanol–water partition coefficient (Wildman–Crippen LogP) is 5.43. The summed E-state index contributed by atoms with van der Waals surface area (Å²) in [6, 6.07) is 12.9. The number of hydrogen-bond acceptors (Lipinski definition) is 4. The highest BCUT2D eigenvalue weighted by Gasteiger charge is 2.33. The first-order valence-electron chi connectivity index (χ1n) is 9.79. The van der Waals surface area contributed by atoms with Gasteiger partial charge < -0.3 is 9.30 Å². The van der Waals surface area contributed by atoms with Gasteiger partial charge in [-0.3, -0.25) is 0 Å². The minimum atomic E-state index is -4.51. The second-order valence-electron chi connectivity index (χ2n) is 7.40. The number of hydrogen-bond donors (Lipinski definition) is 0. The van der Waals surface area contributed by atoms with Gasteiger partial charge in [0, 0.05) is 30.0 Å². The lowest BCUT2D eigenvalue weighted by molar-refractivity contribution is -0.138. The fourth-order valence-corrected chi connectivity index (χ4v) is 3.81. The Labute approximate surface area is 182 Å². The first-order chi connectivity index (χ1) is 15.2. The zero-order valence-corrected chi connectivity index (χ0v) is 17.7. The number of nitrogens with zero attached hydrogens (tertiary/aromatic N) is 4. The number of fused-ring (bicyclic) bond motifs is 1. The third kappa shape index (κ3) is 3.66. The van der Waals surface area contributed by atoms with Crippen molar-refractivity contribution >= 4 is 10.9 Å². The van der Waals surface area contributed by atoms with Crippen LogP contribution in [0.25, 0.3) is 22.2 Å². The fourth-order valence-electron chi connectivity index (χ4n) is 3.81. The van der Waals surface area contributed by atoms with Crippen LogP contribution in [0.15, 0.2) is 48.7 Å². The molecule has 0 saturated carbocycles. The standard InChI is InChI=1S/C24H19F3N4O/c1-14-29-13-22(31(14)2)16-8-9-21-17(11-16)19(12-28)18(23(30-21)32-3)10-15-6-4-5-7-20(15)24(25,26)27/h4-9,11,13H,10H2,1-3H3. The zero-order valence-electron chi connectivity index (χ0n) is 17.7. The van der Waals surface area contributed by atoms with Crippen molar-refractivity contribution in [2.24, 2.45) is 7.05 Å². The average molecular weight is 436 g/mol. The van der Waals surface area contributed by atoms with Gasteiger partial charge in [0.2, 0.25) is 5.88 Å². The number of alkyl halides is 3. The van der Waals surface area contributed by atoms with Crippen LogP contribution in [0.1, 0.15) is 28.1 Å². The summed E-state index contributed by atoms with van der Waals surface area (Å²) in [6.07, 6.45) is -2.91. The summed E-state index contributed by atoms with van der Waals surface area (Å²) in [7, 11) is 3.28. The van der Waals surface area contributed by atoms with Crippen LogP contribution in [0.2, 0.25) is 0 Å². The quantitative estimate of drug-likeness (QED) is 0.428. The highest BCUT2D eigenvalue weighted by atomic mass is 19.4. The molecule has 0 aliphatic rings. The van der Waals surface area contributed by atoms with Crippen molar-refractivity contribution in [2.45, 2.75) is 19.5 Å². The molecular formula is C24H19F3N4O. The van der Waals surface area contributed by atoms with Gasteiger partial charge in [-0.15, -0.1) is 0 Å². The number of rotatable bonds is 4. The van der Waals surface area contributed by atoms with Gasteiger partial charge in [-0.05, 0) is 30.7 Å². The van der Waals surface area contributed by atoms with E-state index < -0.39 is 11.7 Å². The molecule has 0 bridgehead atoms. The Balaban J connectivity index is 1.93. The molecule has 5 nitrogen and oxygen atoms in total. The summed E-state index contributed by atoms with van der Waals surface area (Å²) >= 11 is 0. The molecule has 0 aliphatic heterocycles. The van der Waals surface area contributed by atoms with Crippen molar-refractivity contribution < 1.29 is 17.9 Å². The Morgan fingerprint density at radius 3 is 2.53 bits per heavy atom. The smallest absolute Gasteiger partial charge is 0.416 e. The van der Waals surface area contributed by atoms with E-state index in [4.69, 9.17) is 4.74 Å². The maximum absolute atomic E-state index is 13.5. The van der Waals surface area contributed by atoms with Crippen LogP contribution in [-0.4, -0.2) is 21.6 Å². The van der Waals surface area contributed by atoms with Crippen molar-refractivity contribution in [3.8, 4) is 23.2 Å². The molecule has 0 aliphatic carbocycles. The predicted molar refractivity (Wildman–Crippen MR) is 114 cm³/mol. The number of nitriles is 1. The fraction of sp³-hybridized carbons (Fsp3) is 0.208. The zero-order chi connectivity index (χ0) is 23.0. The summed E-state index contributed by atoms with van der Waals surface area (Å²) in [5.41, 5.74) is 2.06. The Morgan fingerprint density at radius 2 is 1.91 bits per heavy atom. The Bertz CT molecular complexity index is 1370. The maximum Gasteiger partial charge on any atom is 0.416 e. The Morgan fingerprint density at radius 1 is 1.16 bits per heavy atom. The van der Waals surface area contributed by atoms with Crippen LogP contribution in [0.4, 0.5) is 13.2 Å². The lowest BCUT2D eigenvalue weighted by atomic mass is 9.94. The molecule has 0 spiro atoms. The number of imidazole rings is 1. The van der Waals surface area contributed by atoms with Crippen molar-refractivity contribution in [2.75, 3.05) is 7.11 Å². The number of aryl methyl sites for hydroxylation is 1. The minimum absolute atomic E-state index is 0.0503. The van der Waals surface area contributed by atoms with Gasteiger partial charge in [-0.2, -0.15) is 18.4 Å². The van der Waals surface area contributed by atoms with Gasteiger partial charge >= 0.3 is 6.18 Å². The van der Waals surface area contributed by atoms with Gasteiger partial charge in [0.15, 0.2) is 0 Å². The highest BCUT2D eigenvalue weighted by Crippen LogP contribution is 2.36. The number of halogens is 3. The number of pyridine rings is 1. The number of aromatic nitrogens is 3. The first kappa shape index (κ1) is 21.4. The van der Waals surface area contributed by atoms with Crippen LogP contribution in [0, 0.1) is 18.3 Å². The monoisotopic (exact) mass is 436 g/mol. The van der Waals surface area contributed by atoms with E-state index in [1.54, 1.807) is 18.3 Å². The van der Waals surface area contributed by atoms with E-state index in [0.717, 1.165) is 23.1 Å². The van der Waals surface area contributed by atoms with Crippen molar-refractivity contribution in [3.05, 3.63) is 76.7 Å². The van der Waals surface area contributed by atoms with Crippen LogP contribution in [-0.2, 0) is 19.6 Å². The van der Waals surface area contributed by atoms with Crippen LogP contribution < -0.4 is 4.74 Å². The molecular weight excluding hydrogens is 417 g/mol. The molecule has 2 aromatic heterocycles. The second kappa shape index (κ2) is 8.00. The lowest BCUT2D eigenvalue weighted by Gasteiger charge is -2.16. The second-order valence-corrected chi connectivity index (χ2v) is 7.40. The van der Waals surface area contributed by atoms with Crippen molar-refractivity contribution in [3.63, 3.8) is 0 Å². The van der Waals surface area contributed by atoms with E-state index in [2.05, 4.69) is 16.0 Å². The third-order valence-electron chi connectivity index (χ3n) is 5.56. The van der Waals surface area contributed by atoms with Gasteiger partial charge in [0.25, 0.3) is 0 Å². The summed E-state index contributed by atoms with van der Waals surface area (Å²) in [6.45, 7) is 1.88. The highest BCUT2D eigenvalue weighted by molar-refractivity contribution is 5.90. The molecule has 2 heterocycles. The van der Waals surface area contributed by atoms with E-state index in [0.29, 0.717) is 16.5 Å². The van der Waals surface area contributed by atoms with E-state index >= 15 is 0 Å². The summed E-state index contributed by atoms with van der Waals surface area (Å²) in [5.74, 6) is 0.966. The summed E-state index contributed by atoms with van der Waals surface area (Å²) in [5, 5.41) is 10.5. The normalized spacial score (nSPS) is 11.5. The molecule has 4 aromatic rings. The summed E-state index contributed by atoms with van der Waals surface area (Å²) in [4.78, 5) is 8.78. The van der Waals surface area contributed by atoms with Crippen molar-refractivity contribution in [1.29, 1.82) is 5.26 Å². The average Bonchev–Trinajstić information content (AvgIpc) is 3.10. The van der Waals surface area contributed by atoms with E-state index in [-0.39, 0.29) is 23.4 Å². The summed E-state index contributed by atoms with van der Waals surface area (Å²) < 4.78 is 47.9. The topological polar surface area (TPSA) is 63.7 Å². The third-order valence-corrected chi connectivity index (χ3v) is 5.56. The van der Waals surface area contributed by atoms with Crippen molar-refractivity contribution in [1.82, 2.24) is 14.5 Å². The van der Waals surface area contributed by atoms with E-state index in [1.165, 1.54) is 19.2 Å². The molecule has 8 heteroatoms. The number of benzene rings is 2. The molecule has 32 heavy (non-hydrogen) atoms. The molecule has 4 rings (SSSR count). The molecule has 0 atom stereocenters. The van der Waals surface area contributed by atoms with E-state index in [9.17, 15) is 18.4 Å². The van der Waals surface area contributed by atoms with Gasteiger partial charge in [0.05, 0.1) is 35.6 Å². The molecule has 0 unspecified atom stereocenters. The van der Waals surface area contributed by atoms with Gasteiger partial charge in [-0.25, -0.2) is 9.97 Å². The molecule has 2 aromatic carbocycles. The van der Waals surface area contributed by atoms with Crippen LogP contribution >= 0.6 is 0 Å². The van der Waals surface area contributed by atoms with E-state index in [1.807, 2.05) is 30.7 Å². The minimum Gasteiger partial charge on any atom is -0.481 e. The van der Waals surface area contributed by atoms with Gasteiger partial charge in [-0.1, -0.05) is 24.3 Å². The first-order valence-corrected chi connectivity index (χ1v) is 9.79. The SMILES string of the molecule is COc1nc2ccc(-c3cnc(C)n3C)cc2c(C#N)c1Cc1ccccc1C(F)(F)F. The molecule has 0 fully saturated rings. The molecule has 162 valence electrons. The molecule has 0 amide bonds. The Kier molecular flexibility index (Phi) is 5.35. The molecule has 0 radical (unpaired) electrons. The molecule has 0 saturated heterocycles.